The number of nitrogens with zero attached hydrogens (tertiary/aromatic N) is 5. The third-order valence-corrected chi connectivity index (χ3v) is 5.85. The maximum Gasteiger partial charge on any atom is 0.323 e. The Kier molecular flexibility index (Phi) is 5.02. The molecule has 2 heterocycles. The van der Waals surface area contributed by atoms with E-state index in [4.69, 9.17) is 9.84 Å². The lowest BCUT2D eigenvalue weighted by Crippen LogP contribution is -2.42. The Balaban J connectivity index is 1.66. The number of aryl methyl sites for hydroxylation is 1. The lowest BCUT2D eigenvalue weighted by atomic mass is 10.2. The number of amides is 1. The van der Waals surface area contributed by atoms with Gasteiger partial charge in [0.25, 0.3) is 15.9 Å². The van der Waals surface area contributed by atoms with Crippen LogP contribution in [-0.4, -0.2) is 58.8 Å². The number of carboxylic acid groups (broad SMARTS) is 1. The molecular formula is C18H16N6O6S. The summed E-state index contributed by atoms with van der Waals surface area (Å²) in [5.41, 5.74) is 0.943. The standard InChI is InChI=1S/C18H16N6O6S/c1-23-18(19-21-22-23)11-3-2-4-12(7-11)20-31(28,29)13-5-6-15-14(8-13)24(9-17(26)27)16(25)10-30-15/h2-8,20H,9-10H2,1H3,(H,26,27). The first kappa shape index (κ1) is 20.3. The molecule has 1 aliphatic heterocycles. The zero-order valence-corrected chi connectivity index (χ0v) is 16.9. The van der Waals surface area contributed by atoms with Gasteiger partial charge in [0.2, 0.25) is 0 Å². The van der Waals surface area contributed by atoms with Crippen LogP contribution in [-0.2, 0) is 26.7 Å². The van der Waals surface area contributed by atoms with E-state index >= 15 is 0 Å². The summed E-state index contributed by atoms with van der Waals surface area (Å²) in [6.45, 7) is -0.936. The van der Waals surface area contributed by atoms with Crippen molar-refractivity contribution in [1.82, 2.24) is 20.2 Å². The molecule has 1 aliphatic rings. The summed E-state index contributed by atoms with van der Waals surface area (Å²) in [6, 6.07) is 10.4. The van der Waals surface area contributed by atoms with Gasteiger partial charge < -0.3 is 9.84 Å². The normalized spacial score (nSPS) is 13.5. The number of anilines is 2. The number of tetrazole rings is 1. The van der Waals surface area contributed by atoms with E-state index < -0.39 is 28.4 Å². The monoisotopic (exact) mass is 444 g/mol. The van der Waals surface area contributed by atoms with E-state index in [-0.39, 0.29) is 28.6 Å². The highest BCUT2D eigenvalue weighted by Crippen LogP contribution is 2.34. The Bertz CT molecular complexity index is 1290. The van der Waals surface area contributed by atoms with Gasteiger partial charge in [-0.25, -0.2) is 13.1 Å². The van der Waals surface area contributed by atoms with Gasteiger partial charge in [0, 0.05) is 18.3 Å². The fourth-order valence-electron chi connectivity index (χ4n) is 3.07. The minimum atomic E-state index is -4.06. The minimum absolute atomic E-state index is 0.0698. The number of rotatable bonds is 6. The van der Waals surface area contributed by atoms with Crippen LogP contribution in [0, 0.1) is 0 Å². The Morgan fingerprint density at radius 2 is 2.06 bits per heavy atom. The van der Waals surface area contributed by atoms with Crippen molar-refractivity contribution in [3.05, 3.63) is 42.5 Å². The molecule has 2 aromatic carbocycles. The number of ether oxygens (including phenoxy) is 1. The number of hydrogen-bond donors (Lipinski definition) is 2. The van der Waals surface area contributed by atoms with Crippen molar-refractivity contribution in [1.29, 1.82) is 0 Å². The topological polar surface area (TPSA) is 157 Å². The molecule has 3 aromatic rings. The molecular weight excluding hydrogens is 428 g/mol. The van der Waals surface area contributed by atoms with Gasteiger partial charge in [0.05, 0.1) is 10.6 Å². The fraction of sp³-hybridized carbons (Fsp3) is 0.167. The molecule has 0 fully saturated rings. The van der Waals surface area contributed by atoms with Crippen molar-refractivity contribution >= 4 is 33.3 Å². The third-order valence-electron chi connectivity index (χ3n) is 4.47. The molecule has 1 aromatic heterocycles. The summed E-state index contributed by atoms with van der Waals surface area (Å²) in [6.07, 6.45) is 0. The summed E-state index contributed by atoms with van der Waals surface area (Å²) in [7, 11) is -2.40. The van der Waals surface area contributed by atoms with Gasteiger partial charge in [0.15, 0.2) is 12.4 Å². The number of hydrogen-bond acceptors (Lipinski definition) is 8. The van der Waals surface area contributed by atoms with Crippen LogP contribution < -0.4 is 14.4 Å². The van der Waals surface area contributed by atoms with Crippen LogP contribution in [0.3, 0.4) is 0 Å². The van der Waals surface area contributed by atoms with Gasteiger partial charge in [-0.15, -0.1) is 5.10 Å². The number of carbonyl (C=O) groups is 2. The summed E-state index contributed by atoms with van der Waals surface area (Å²) in [5, 5.41) is 20.3. The molecule has 0 radical (unpaired) electrons. The number of fused-ring (bicyclic) bond motifs is 1. The fourth-order valence-corrected chi connectivity index (χ4v) is 4.14. The number of aliphatic carboxylic acids is 1. The third kappa shape index (κ3) is 4.02. The number of sulfonamides is 1. The van der Waals surface area contributed by atoms with Crippen LogP contribution in [0.2, 0.25) is 0 Å². The predicted molar refractivity (Wildman–Crippen MR) is 107 cm³/mol. The Labute approximate surface area is 176 Å². The zero-order valence-electron chi connectivity index (χ0n) is 16.1. The lowest BCUT2D eigenvalue weighted by Gasteiger charge is -2.28. The van der Waals surface area contributed by atoms with Gasteiger partial charge in [0.1, 0.15) is 12.3 Å². The maximum absolute atomic E-state index is 12.9. The van der Waals surface area contributed by atoms with Crippen molar-refractivity contribution in [2.45, 2.75) is 4.90 Å². The average molecular weight is 444 g/mol. The molecule has 0 saturated carbocycles. The van der Waals surface area contributed by atoms with Crippen LogP contribution in [0.5, 0.6) is 5.75 Å². The van der Waals surface area contributed by atoms with E-state index in [9.17, 15) is 18.0 Å². The van der Waals surface area contributed by atoms with Gasteiger partial charge in [-0.3, -0.25) is 19.2 Å². The van der Waals surface area contributed by atoms with Gasteiger partial charge >= 0.3 is 5.97 Å². The van der Waals surface area contributed by atoms with E-state index in [1.54, 1.807) is 31.3 Å². The quantitative estimate of drug-likeness (QED) is 0.552. The van der Waals surface area contributed by atoms with Gasteiger partial charge in [-0.1, -0.05) is 12.1 Å². The van der Waals surface area contributed by atoms with Crippen LogP contribution in [0.1, 0.15) is 0 Å². The van der Waals surface area contributed by atoms with E-state index in [0.717, 1.165) is 4.90 Å². The van der Waals surface area contributed by atoms with Crippen molar-refractivity contribution in [3.8, 4) is 17.1 Å². The first-order chi connectivity index (χ1) is 14.7. The second kappa shape index (κ2) is 7.68. The SMILES string of the molecule is Cn1nnnc1-c1cccc(NS(=O)(=O)c2ccc3c(c2)N(CC(=O)O)C(=O)CO3)c1. The Morgan fingerprint density at radius 3 is 2.77 bits per heavy atom. The van der Waals surface area contributed by atoms with Crippen LogP contribution in [0.4, 0.5) is 11.4 Å². The van der Waals surface area contributed by atoms with Crippen LogP contribution >= 0.6 is 0 Å². The van der Waals surface area contributed by atoms with E-state index in [1.165, 1.54) is 22.9 Å². The molecule has 12 nitrogen and oxygen atoms in total. The summed E-state index contributed by atoms with van der Waals surface area (Å²) >= 11 is 0. The number of aromatic nitrogens is 4. The highest BCUT2D eigenvalue weighted by molar-refractivity contribution is 7.92. The number of nitrogens with one attached hydrogen (secondary N) is 1. The minimum Gasteiger partial charge on any atom is -0.482 e. The second-order valence-corrected chi connectivity index (χ2v) is 8.29. The first-order valence-electron chi connectivity index (χ1n) is 8.89. The molecule has 13 heteroatoms. The van der Waals surface area contributed by atoms with Crippen molar-refractivity contribution < 1.29 is 27.9 Å². The summed E-state index contributed by atoms with van der Waals surface area (Å²) < 4.78 is 35.1. The van der Waals surface area contributed by atoms with Gasteiger partial charge in [-0.2, -0.15) is 0 Å². The highest BCUT2D eigenvalue weighted by atomic mass is 32.2. The summed E-state index contributed by atoms with van der Waals surface area (Å²) in [5.74, 6) is -1.14. The van der Waals surface area contributed by atoms with Crippen LogP contribution in [0.25, 0.3) is 11.4 Å². The Hall–Kier alpha value is -4.00. The molecule has 4 rings (SSSR count). The molecule has 0 bridgehead atoms. The number of carbonyl (C=O) groups excluding carboxylic acids is 1. The molecule has 0 atom stereocenters. The Morgan fingerprint density at radius 1 is 1.26 bits per heavy atom. The molecule has 0 unspecified atom stereocenters. The number of benzene rings is 2. The molecule has 0 aliphatic carbocycles. The van der Waals surface area contributed by atoms with Crippen molar-refractivity contribution in [2.75, 3.05) is 22.8 Å². The van der Waals surface area contributed by atoms with Crippen molar-refractivity contribution in [2.24, 2.45) is 7.05 Å². The first-order valence-corrected chi connectivity index (χ1v) is 10.4. The largest absolute Gasteiger partial charge is 0.482 e. The molecule has 0 spiro atoms. The predicted octanol–water partition coefficient (Wildman–Crippen LogP) is 0.488. The highest BCUT2D eigenvalue weighted by Gasteiger charge is 2.29. The zero-order chi connectivity index (χ0) is 22.2. The van der Waals surface area contributed by atoms with E-state index in [2.05, 4.69) is 20.2 Å². The molecule has 2 N–H and O–H groups in total. The molecule has 0 saturated heterocycles. The molecule has 31 heavy (non-hydrogen) atoms. The van der Waals surface area contributed by atoms with Gasteiger partial charge in [-0.05, 0) is 40.8 Å². The van der Waals surface area contributed by atoms with E-state index in [0.29, 0.717) is 11.4 Å². The van der Waals surface area contributed by atoms with Crippen molar-refractivity contribution in [3.63, 3.8) is 0 Å². The number of carboxylic acids is 1. The lowest BCUT2D eigenvalue weighted by molar-refractivity contribution is -0.137. The summed E-state index contributed by atoms with van der Waals surface area (Å²) in [4.78, 5) is 24.0. The smallest absolute Gasteiger partial charge is 0.323 e. The molecule has 160 valence electrons. The van der Waals surface area contributed by atoms with E-state index in [1.807, 2.05) is 0 Å². The average Bonchev–Trinajstić information content (AvgIpc) is 3.15. The second-order valence-electron chi connectivity index (χ2n) is 6.60. The molecule has 1 amide bonds. The van der Waals surface area contributed by atoms with Crippen LogP contribution in [0.15, 0.2) is 47.4 Å². The maximum atomic E-state index is 12.9.